The van der Waals surface area contributed by atoms with Gasteiger partial charge in [0.05, 0.1) is 18.1 Å². The number of hydrogen-bond acceptors (Lipinski definition) is 4. The van der Waals surface area contributed by atoms with Crippen LogP contribution in [0.15, 0.2) is 66.3 Å². The third-order valence-corrected chi connectivity index (χ3v) is 5.67. The Kier molecular flexibility index (Phi) is 7.66. The van der Waals surface area contributed by atoms with E-state index < -0.39 is 0 Å². The summed E-state index contributed by atoms with van der Waals surface area (Å²) in [5, 5.41) is 7.31. The normalized spacial score (nSPS) is 13.8. The average Bonchev–Trinajstić information content (AvgIpc) is 3.31. The molecule has 1 aliphatic heterocycles. The number of carbonyl (C=O) groups excluding carboxylic acids is 1. The van der Waals surface area contributed by atoms with Crippen LogP contribution in [0.4, 0.5) is 11.4 Å². The molecular formula is C25H27BClN5O. The Morgan fingerprint density at radius 1 is 1.24 bits per heavy atom. The minimum atomic E-state index is -0.180. The summed E-state index contributed by atoms with van der Waals surface area (Å²) in [6, 6.07) is 8.78. The summed E-state index contributed by atoms with van der Waals surface area (Å²) < 4.78 is 0. The molecule has 0 aliphatic carbocycles. The van der Waals surface area contributed by atoms with Crippen LogP contribution in [0, 0.1) is 6.92 Å². The molecule has 1 amide bonds. The van der Waals surface area contributed by atoms with Crippen molar-refractivity contribution < 1.29 is 4.79 Å². The van der Waals surface area contributed by atoms with Gasteiger partial charge in [-0.1, -0.05) is 48.4 Å². The molecule has 4 N–H and O–H groups in total. The third-order valence-electron chi connectivity index (χ3n) is 5.44. The van der Waals surface area contributed by atoms with Crippen molar-refractivity contribution in [3.8, 4) is 0 Å². The largest absolute Gasteiger partial charge is 0.390 e. The summed E-state index contributed by atoms with van der Waals surface area (Å²) >= 11 is 6.04. The van der Waals surface area contributed by atoms with E-state index in [1.807, 2.05) is 44.2 Å². The van der Waals surface area contributed by atoms with Gasteiger partial charge in [0.2, 0.25) is 0 Å². The zero-order valence-corrected chi connectivity index (χ0v) is 19.6. The molecule has 3 rings (SSSR count). The highest BCUT2D eigenvalue weighted by atomic mass is 35.5. The van der Waals surface area contributed by atoms with E-state index in [1.165, 1.54) is 6.34 Å². The molecule has 8 heteroatoms. The Hall–Kier alpha value is -3.45. The van der Waals surface area contributed by atoms with Crippen LogP contribution in [0.3, 0.4) is 0 Å². The van der Waals surface area contributed by atoms with Crippen LogP contribution in [0.2, 0.25) is 5.02 Å². The summed E-state index contributed by atoms with van der Waals surface area (Å²) in [4.78, 5) is 18.8. The molecule has 0 spiro atoms. The van der Waals surface area contributed by atoms with E-state index in [2.05, 4.69) is 28.8 Å². The van der Waals surface area contributed by atoms with Crippen molar-refractivity contribution in [3.63, 3.8) is 0 Å². The molecule has 0 unspecified atom stereocenters. The molecule has 0 saturated heterocycles. The summed E-state index contributed by atoms with van der Waals surface area (Å²) in [5.41, 5.74) is 10.7. The maximum absolute atomic E-state index is 12.9. The molecule has 2 aromatic rings. The first kappa shape index (κ1) is 24.2. The minimum absolute atomic E-state index is 0.152. The van der Waals surface area contributed by atoms with E-state index in [-0.39, 0.29) is 11.9 Å². The molecule has 33 heavy (non-hydrogen) atoms. The first-order valence-electron chi connectivity index (χ1n) is 10.5. The second-order valence-corrected chi connectivity index (χ2v) is 8.31. The predicted octanol–water partition coefficient (Wildman–Crippen LogP) is 3.65. The molecule has 168 valence electrons. The van der Waals surface area contributed by atoms with Crippen LogP contribution in [-0.4, -0.2) is 44.1 Å². The van der Waals surface area contributed by atoms with Crippen molar-refractivity contribution in [1.29, 1.82) is 0 Å². The smallest absolute Gasteiger partial charge is 0.253 e. The molecule has 1 atom stereocenters. The molecule has 0 aromatic heterocycles. The fourth-order valence-electron chi connectivity index (χ4n) is 3.51. The molecule has 0 fully saturated rings. The lowest BCUT2D eigenvalue weighted by Crippen LogP contribution is -2.33. The Morgan fingerprint density at radius 2 is 1.94 bits per heavy atom. The minimum Gasteiger partial charge on any atom is -0.390 e. The van der Waals surface area contributed by atoms with Gasteiger partial charge in [-0.3, -0.25) is 4.79 Å². The number of nitrogens with one attached hydrogen (secondary N) is 2. The number of benzene rings is 2. The van der Waals surface area contributed by atoms with Gasteiger partial charge in [0, 0.05) is 46.3 Å². The van der Waals surface area contributed by atoms with Crippen molar-refractivity contribution >= 4 is 54.2 Å². The Balaban J connectivity index is 1.78. The second-order valence-electron chi connectivity index (χ2n) is 7.87. The number of amides is 1. The maximum atomic E-state index is 12.9. The van der Waals surface area contributed by atoms with Gasteiger partial charge < -0.3 is 21.3 Å². The van der Waals surface area contributed by atoms with Crippen LogP contribution < -0.4 is 21.8 Å². The van der Waals surface area contributed by atoms with Crippen molar-refractivity contribution in [3.05, 3.63) is 83.1 Å². The number of nitrogens with zero attached hydrogens (tertiary/aromatic N) is 2. The SMILES string of the molecule is [B]c1cc(C(=C)N[C@@H](C)C(=C)Nc2ccc(Cl)cc2C)c(N=CN)cc1C(=O)N1CC=CC1. The number of aliphatic imine (C=N–C) groups is 1. The van der Waals surface area contributed by atoms with Gasteiger partial charge in [0.15, 0.2) is 0 Å². The first-order chi connectivity index (χ1) is 15.7. The van der Waals surface area contributed by atoms with Gasteiger partial charge >= 0.3 is 0 Å². The molecular weight excluding hydrogens is 433 g/mol. The highest BCUT2D eigenvalue weighted by Gasteiger charge is 2.21. The van der Waals surface area contributed by atoms with E-state index in [9.17, 15) is 4.79 Å². The number of hydrogen-bond donors (Lipinski definition) is 3. The van der Waals surface area contributed by atoms with Crippen molar-refractivity contribution in [1.82, 2.24) is 10.2 Å². The van der Waals surface area contributed by atoms with Gasteiger partial charge in [-0.15, -0.1) is 0 Å². The fraction of sp³-hybridized carbons (Fsp3) is 0.200. The second kappa shape index (κ2) is 10.4. The Morgan fingerprint density at radius 3 is 2.58 bits per heavy atom. The molecule has 0 saturated carbocycles. The first-order valence-corrected chi connectivity index (χ1v) is 10.9. The summed E-state index contributed by atoms with van der Waals surface area (Å²) in [6.45, 7) is 13.3. The third kappa shape index (κ3) is 5.68. The highest BCUT2D eigenvalue weighted by molar-refractivity contribution is 6.37. The van der Waals surface area contributed by atoms with E-state index in [4.69, 9.17) is 25.2 Å². The van der Waals surface area contributed by atoms with Gasteiger partial charge in [-0.25, -0.2) is 4.99 Å². The van der Waals surface area contributed by atoms with Crippen LogP contribution in [0.25, 0.3) is 5.70 Å². The number of anilines is 1. The Bertz CT molecular complexity index is 1150. The van der Waals surface area contributed by atoms with Gasteiger partial charge in [0.1, 0.15) is 7.85 Å². The maximum Gasteiger partial charge on any atom is 0.253 e. The van der Waals surface area contributed by atoms with Crippen LogP contribution in [-0.2, 0) is 0 Å². The van der Waals surface area contributed by atoms with Crippen LogP contribution >= 0.6 is 11.6 Å². The standard InChI is InChI=1S/C25H27BClN5O/c1-15-11-19(27)7-8-23(15)31-17(3)16(2)30-18(4)20-12-22(26)21(13-24(20)29-14-28)25(33)32-9-5-6-10-32/h5-8,11-14,16,30-31H,3-4,9-10H2,1-2H3,(H2,28,29)/t16-/m0/s1. The lowest BCUT2D eigenvalue weighted by atomic mass is 9.86. The topological polar surface area (TPSA) is 82.7 Å². The average molecular weight is 460 g/mol. The van der Waals surface area contributed by atoms with E-state index in [0.29, 0.717) is 46.1 Å². The van der Waals surface area contributed by atoms with Crippen LogP contribution in [0.5, 0.6) is 0 Å². The molecule has 6 nitrogen and oxygen atoms in total. The van der Waals surface area contributed by atoms with Gasteiger partial charge in [-0.2, -0.15) is 0 Å². The Labute approximate surface area is 201 Å². The lowest BCUT2D eigenvalue weighted by Gasteiger charge is -2.23. The quantitative estimate of drug-likeness (QED) is 0.244. The molecule has 2 aromatic carbocycles. The summed E-state index contributed by atoms with van der Waals surface area (Å²) in [5.74, 6) is -0.152. The molecule has 0 bridgehead atoms. The summed E-state index contributed by atoms with van der Waals surface area (Å²) in [6.07, 6.45) is 5.07. The highest BCUT2D eigenvalue weighted by Crippen LogP contribution is 2.27. The lowest BCUT2D eigenvalue weighted by molar-refractivity contribution is 0.0801. The molecule has 2 radical (unpaired) electrons. The predicted molar refractivity (Wildman–Crippen MR) is 140 cm³/mol. The van der Waals surface area contributed by atoms with Crippen molar-refractivity contribution in [2.24, 2.45) is 10.7 Å². The number of aryl methyl sites for hydroxylation is 1. The monoisotopic (exact) mass is 459 g/mol. The summed E-state index contributed by atoms with van der Waals surface area (Å²) in [7, 11) is 6.25. The zero-order valence-electron chi connectivity index (χ0n) is 18.9. The number of nitrogens with two attached hydrogens (primary N) is 1. The van der Waals surface area contributed by atoms with E-state index >= 15 is 0 Å². The van der Waals surface area contributed by atoms with E-state index in [0.717, 1.165) is 16.9 Å². The van der Waals surface area contributed by atoms with Crippen molar-refractivity contribution in [2.75, 3.05) is 18.4 Å². The number of carbonyl (C=O) groups is 1. The number of halogens is 1. The van der Waals surface area contributed by atoms with Crippen LogP contribution in [0.1, 0.15) is 28.4 Å². The van der Waals surface area contributed by atoms with Gasteiger partial charge in [-0.05, 0) is 43.7 Å². The molecule has 1 heterocycles. The molecule has 1 aliphatic rings. The zero-order chi connectivity index (χ0) is 24.1. The van der Waals surface area contributed by atoms with E-state index in [1.54, 1.807) is 17.0 Å². The van der Waals surface area contributed by atoms with Gasteiger partial charge in [0.25, 0.3) is 5.91 Å². The fourth-order valence-corrected chi connectivity index (χ4v) is 3.73. The van der Waals surface area contributed by atoms with Crippen molar-refractivity contribution in [2.45, 2.75) is 19.9 Å². The number of rotatable bonds is 8.